The zero-order chi connectivity index (χ0) is 13.3. The lowest BCUT2D eigenvalue weighted by Crippen LogP contribution is -2.35. The molecule has 4 atom stereocenters. The van der Waals surface area contributed by atoms with Crippen molar-refractivity contribution >= 4 is 5.82 Å². The van der Waals surface area contributed by atoms with E-state index in [0.717, 1.165) is 4.57 Å². The molecule has 1 unspecified atom stereocenters. The Morgan fingerprint density at radius 2 is 2.17 bits per heavy atom. The summed E-state index contributed by atoms with van der Waals surface area (Å²) in [4.78, 5) is 15.1. The quantitative estimate of drug-likeness (QED) is 0.484. The predicted octanol–water partition coefficient (Wildman–Crippen LogP) is -2.17. The molecule has 0 aromatic carbocycles. The Balaban J connectivity index is 2.26. The van der Waals surface area contributed by atoms with Gasteiger partial charge in [-0.25, -0.2) is 4.79 Å². The summed E-state index contributed by atoms with van der Waals surface area (Å²) < 4.78 is 6.41. The van der Waals surface area contributed by atoms with E-state index < -0.39 is 30.2 Å². The summed E-state index contributed by atoms with van der Waals surface area (Å²) in [6.45, 7) is -0.184. The van der Waals surface area contributed by atoms with Crippen molar-refractivity contribution in [3.8, 4) is 0 Å². The van der Waals surface area contributed by atoms with Crippen molar-refractivity contribution in [1.29, 1.82) is 0 Å². The second-order valence-electron chi connectivity index (χ2n) is 4.10. The summed E-state index contributed by atoms with van der Waals surface area (Å²) in [6.07, 6.45) is -2.66. The number of anilines is 1. The Labute approximate surface area is 102 Å². The van der Waals surface area contributed by atoms with Crippen LogP contribution in [0.25, 0.3) is 0 Å². The van der Waals surface area contributed by atoms with Gasteiger partial charge < -0.3 is 25.8 Å². The molecule has 0 saturated carbocycles. The first-order valence-electron chi connectivity index (χ1n) is 5.51. The maximum Gasteiger partial charge on any atom is 0.351 e. The van der Waals surface area contributed by atoms with Gasteiger partial charge in [0.1, 0.15) is 18.0 Å². The molecule has 1 saturated heterocycles. The third-order valence-corrected chi connectivity index (χ3v) is 2.88. The second kappa shape index (κ2) is 5.02. The average Bonchev–Trinajstić information content (AvgIpc) is 2.58. The number of aliphatic hydroxyl groups excluding tert-OH is 3. The molecular weight excluding hydrogens is 242 g/mol. The fraction of sp³-hybridized carbons (Fsp3) is 0.600. The molecule has 18 heavy (non-hydrogen) atoms. The van der Waals surface area contributed by atoms with Crippen LogP contribution in [-0.4, -0.2) is 49.8 Å². The van der Waals surface area contributed by atoms with Gasteiger partial charge in [-0.3, -0.25) is 4.57 Å². The molecule has 1 fully saturated rings. The molecule has 0 amide bonds. The van der Waals surface area contributed by atoms with Gasteiger partial charge in [0, 0.05) is 12.8 Å². The zero-order valence-corrected chi connectivity index (χ0v) is 9.51. The van der Waals surface area contributed by atoms with Crippen molar-refractivity contribution < 1.29 is 20.1 Å². The maximum atomic E-state index is 11.6. The number of aliphatic hydroxyl groups is 3. The van der Waals surface area contributed by atoms with Crippen LogP contribution < -0.4 is 11.4 Å². The number of nitrogen functional groups attached to an aromatic ring is 1. The monoisotopic (exact) mass is 257 g/mol. The Hall–Kier alpha value is -1.48. The van der Waals surface area contributed by atoms with Crippen LogP contribution in [0.4, 0.5) is 5.82 Å². The van der Waals surface area contributed by atoms with E-state index in [1.807, 2.05) is 0 Å². The minimum Gasteiger partial charge on any atom is -0.396 e. The summed E-state index contributed by atoms with van der Waals surface area (Å²) >= 11 is 0. The largest absolute Gasteiger partial charge is 0.396 e. The highest BCUT2D eigenvalue weighted by molar-refractivity contribution is 5.23. The number of nitrogens with zero attached hydrogens (tertiary/aromatic N) is 2. The van der Waals surface area contributed by atoms with Crippen LogP contribution in [0.3, 0.4) is 0 Å². The fourth-order valence-corrected chi connectivity index (χ4v) is 1.94. The van der Waals surface area contributed by atoms with Crippen LogP contribution in [0.2, 0.25) is 0 Å². The van der Waals surface area contributed by atoms with Crippen molar-refractivity contribution in [1.82, 2.24) is 9.55 Å². The van der Waals surface area contributed by atoms with Crippen LogP contribution in [0, 0.1) is 0 Å². The molecule has 0 radical (unpaired) electrons. The molecule has 5 N–H and O–H groups in total. The lowest BCUT2D eigenvalue weighted by atomic mass is 10.1. The summed E-state index contributed by atoms with van der Waals surface area (Å²) in [6, 6.07) is 1.39. The fourth-order valence-electron chi connectivity index (χ4n) is 1.94. The first-order valence-corrected chi connectivity index (χ1v) is 5.51. The minimum atomic E-state index is -1.26. The van der Waals surface area contributed by atoms with Gasteiger partial charge >= 0.3 is 5.69 Å². The van der Waals surface area contributed by atoms with Crippen molar-refractivity contribution in [2.45, 2.75) is 31.0 Å². The maximum absolute atomic E-state index is 11.6. The molecule has 1 aliphatic rings. The smallest absolute Gasteiger partial charge is 0.351 e. The minimum absolute atomic E-state index is 0.0659. The van der Waals surface area contributed by atoms with E-state index >= 15 is 0 Å². The Morgan fingerprint density at radius 1 is 1.44 bits per heavy atom. The van der Waals surface area contributed by atoms with E-state index in [4.69, 9.17) is 15.6 Å². The number of nitrogens with two attached hydrogens (primary N) is 1. The Kier molecular flexibility index (Phi) is 3.62. The molecule has 1 aromatic rings. The number of hydrogen-bond donors (Lipinski definition) is 4. The van der Waals surface area contributed by atoms with Crippen LogP contribution in [-0.2, 0) is 4.74 Å². The third-order valence-electron chi connectivity index (χ3n) is 2.88. The van der Waals surface area contributed by atoms with Crippen LogP contribution in [0.1, 0.15) is 12.6 Å². The molecule has 2 rings (SSSR count). The van der Waals surface area contributed by atoms with Gasteiger partial charge in [0.2, 0.25) is 0 Å². The van der Waals surface area contributed by atoms with Gasteiger partial charge in [-0.1, -0.05) is 0 Å². The molecular formula is C10H15N3O5. The first kappa shape index (κ1) is 13.0. The van der Waals surface area contributed by atoms with E-state index in [0.29, 0.717) is 0 Å². The highest BCUT2D eigenvalue weighted by atomic mass is 16.6. The van der Waals surface area contributed by atoms with Gasteiger partial charge in [0.15, 0.2) is 6.23 Å². The van der Waals surface area contributed by atoms with Crippen molar-refractivity contribution in [2.24, 2.45) is 0 Å². The van der Waals surface area contributed by atoms with Gasteiger partial charge in [-0.15, -0.1) is 0 Å². The second-order valence-corrected chi connectivity index (χ2v) is 4.10. The summed E-state index contributed by atoms with van der Waals surface area (Å²) in [7, 11) is 0. The van der Waals surface area contributed by atoms with Gasteiger partial charge in [-0.2, -0.15) is 4.98 Å². The lowest BCUT2D eigenvalue weighted by molar-refractivity contribution is -0.0450. The van der Waals surface area contributed by atoms with E-state index in [-0.39, 0.29) is 18.8 Å². The number of rotatable bonds is 3. The van der Waals surface area contributed by atoms with Crippen molar-refractivity contribution in [3.05, 3.63) is 22.7 Å². The third kappa shape index (κ3) is 2.23. The standard InChI is InChI=1S/C10H15N3O5/c11-6-1-3-13(10(17)12-6)9-8(16)7(15)5(18-9)2-4-14/h1,3,5,7-9,14-16H,2,4H2,(H2,11,12,17)/t5-,7?,8+,9-/m1/s1. The zero-order valence-electron chi connectivity index (χ0n) is 9.51. The summed E-state index contributed by atoms with van der Waals surface area (Å²) in [5.74, 6) is 0.0659. The Bertz CT molecular complexity index is 477. The summed E-state index contributed by atoms with van der Waals surface area (Å²) in [5.41, 5.74) is 4.68. The van der Waals surface area contributed by atoms with E-state index in [9.17, 15) is 15.0 Å². The van der Waals surface area contributed by atoms with E-state index in [1.54, 1.807) is 0 Å². The van der Waals surface area contributed by atoms with Gasteiger partial charge in [-0.05, 0) is 12.5 Å². The molecule has 8 nitrogen and oxygen atoms in total. The molecule has 0 spiro atoms. The highest BCUT2D eigenvalue weighted by Gasteiger charge is 2.43. The molecule has 8 heteroatoms. The predicted molar refractivity (Wildman–Crippen MR) is 60.5 cm³/mol. The summed E-state index contributed by atoms with van der Waals surface area (Å²) in [5, 5.41) is 28.4. The Morgan fingerprint density at radius 3 is 2.78 bits per heavy atom. The van der Waals surface area contributed by atoms with Gasteiger partial charge in [0.25, 0.3) is 0 Å². The SMILES string of the molecule is Nc1ccn([C@@H]2O[C@H](CCO)C(O)[C@@H]2O)c(=O)n1. The molecule has 1 aliphatic heterocycles. The topological polar surface area (TPSA) is 131 Å². The molecule has 1 aromatic heterocycles. The normalized spacial score (nSPS) is 31.7. The van der Waals surface area contributed by atoms with Crippen molar-refractivity contribution in [3.63, 3.8) is 0 Å². The lowest BCUT2D eigenvalue weighted by Gasteiger charge is -2.16. The van der Waals surface area contributed by atoms with Crippen LogP contribution in [0.5, 0.6) is 0 Å². The molecule has 2 heterocycles. The van der Waals surface area contributed by atoms with Crippen LogP contribution >= 0.6 is 0 Å². The average molecular weight is 257 g/mol. The van der Waals surface area contributed by atoms with Crippen LogP contribution in [0.15, 0.2) is 17.1 Å². The highest BCUT2D eigenvalue weighted by Crippen LogP contribution is 2.29. The molecule has 0 aliphatic carbocycles. The number of ether oxygens (including phenoxy) is 1. The molecule has 100 valence electrons. The number of hydrogen-bond acceptors (Lipinski definition) is 7. The first-order chi connectivity index (χ1) is 8.54. The van der Waals surface area contributed by atoms with E-state index in [1.165, 1.54) is 12.3 Å². The van der Waals surface area contributed by atoms with Gasteiger partial charge in [0.05, 0.1) is 6.10 Å². The van der Waals surface area contributed by atoms with E-state index in [2.05, 4.69) is 4.98 Å². The van der Waals surface area contributed by atoms with Crippen molar-refractivity contribution in [2.75, 3.05) is 12.3 Å². The molecule has 0 bridgehead atoms. The number of aromatic nitrogens is 2.